The number of aromatic amines is 2. The molecule has 1 saturated heterocycles. The predicted molar refractivity (Wildman–Crippen MR) is 101 cm³/mol. The number of H-pyrrole nitrogens is 2. The lowest BCUT2D eigenvalue weighted by Crippen LogP contribution is -2.35. The fourth-order valence-electron chi connectivity index (χ4n) is 3.30. The Kier molecular flexibility index (Phi) is 6.10. The van der Waals surface area contributed by atoms with Crippen molar-refractivity contribution < 1.29 is 13.2 Å². The van der Waals surface area contributed by atoms with Crippen molar-refractivity contribution in [2.45, 2.75) is 17.7 Å². The second kappa shape index (κ2) is 8.34. The highest BCUT2D eigenvalue weighted by molar-refractivity contribution is 7.89. The van der Waals surface area contributed by atoms with Crippen LogP contribution >= 0.6 is 0 Å². The molecule has 1 aromatic carbocycles. The summed E-state index contributed by atoms with van der Waals surface area (Å²) in [6, 6.07) is 4.20. The Balaban J connectivity index is 1.81. The standard InChI is InChI=1S/C17H24N4O5S/c1-26-11-3-7-20-6-2-8-21(10-9-20)27(24,25)13-4-5-15-14(12-13)16(22)19-17(23)18-15/h4-5,12H,2-3,6-11H2,1H3,(H2,18,19,22,23). The predicted octanol–water partition coefficient (Wildman–Crippen LogP) is -0.0507. The number of fused-ring (bicyclic) bond motifs is 1. The maximum atomic E-state index is 13.0. The van der Waals surface area contributed by atoms with Crippen LogP contribution in [-0.4, -0.2) is 74.0 Å². The number of rotatable bonds is 6. The highest BCUT2D eigenvalue weighted by Crippen LogP contribution is 2.20. The number of nitrogens with one attached hydrogen (secondary N) is 2. The normalized spacial score (nSPS) is 17.2. The fraction of sp³-hybridized carbons (Fsp3) is 0.529. The lowest BCUT2D eigenvalue weighted by molar-refractivity contribution is 0.173. The maximum Gasteiger partial charge on any atom is 0.326 e. The van der Waals surface area contributed by atoms with Crippen LogP contribution in [-0.2, 0) is 14.8 Å². The van der Waals surface area contributed by atoms with Crippen molar-refractivity contribution in [3.8, 4) is 0 Å². The summed E-state index contributed by atoms with van der Waals surface area (Å²) in [4.78, 5) is 30.2. The highest BCUT2D eigenvalue weighted by Gasteiger charge is 2.27. The van der Waals surface area contributed by atoms with E-state index < -0.39 is 21.3 Å². The van der Waals surface area contributed by atoms with E-state index in [1.54, 1.807) is 7.11 Å². The van der Waals surface area contributed by atoms with E-state index in [1.165, 1.54) is 22.5 Å². The van der Waals surface area contributed by atoms with Crippen molar-refractivity contribution in [2.75, 3.05) is 46.4 Å². The van der Waals surface area contributed by atoms with E-state index in [9.17, 15) is 18.0 Å². The molecular weight excluding hydrogens is 372 g/mol. The first-order chi connectivity index (χ1) is 12.9. The molecule has 1 aliphatic rings. The van der Waals surface area contributed by atoms with Gasteiger partial charge in [-0.25, -0.2) is 13.2 Å². The van der Waals surface area contributed by atoms with Gasteiger partial charge >= 0.3 is 5.69 Å². The third-order valence-corrected chi connectivity index (χ3v) is 6.61. The first-order valence-electron chi connectivity index (χ1n) is 8.89. The van der Waals surface area contributed by atoms with Crippen LogP contribution in [0, 0.1) is 0 Å². The average Bonchev–Trinajstić information content (AvgIpc) is 2.88. The van der Waals surface area contributed by atoms with Gasteiger partial charge in [-0.3, -0.25) is 9.78 Å². The van der Waals surface area contributed by atoms with Crippen LogP contribution in [0.2, 0.25) is 0 Å². The fourth-order valence-corrected chi connectivity index (χ4v) is 4.79. The highest BCUT2D eigenvalue weighted by atomic mass is 32.2. The van der Waals surface area contributed by atoms with Crippen LogP contribution in [0.3, 0.4) is 0 Å². The zero-order chi connectivity index (χ0) is 19.4. The topological polar surface area (TPSA) is 116 Å². The van der Waals surface area contributed by atoms with Gasteiger partial charge in [0.2, 0.25) is 10.0 Å². The van der Waals surface area contributed by atoms with Crippen molar-refractivity contribution >= 4 is 20.9 Å². The third kappa shape index (κ3) is 4.46. The van der Waals surface area contributed by atoms with E-state index in [0.29, 0.717) is 31.8 Å². The summed E-state index contributed by atoms with van der Waals surface area (Å²) < 4.78 is 32.6. The molecule has 1 aromatic heterocycles. The molecule has 1 fully saturated rings. The van der Waals surface area contributed by atoms with Crippen molar-refractivity contribution in [3.63, 3.8) is 0 Å². The largest absolute Gasteiger partial charge is 0.385 e. The van der Waals surface area contributed by atoms with Crippen molar-refractivity contribution in [2.24, 2.45) is 0 Å². The van der Waals surface area contributed by atoms with Crippen LogP contribution in [0.1, 0.15) is 12.8 Å². The number of benzene rings is 1. The molecular formula is C17H24N4O5S. The zero-order valence-corrected chi connectivity index (χ0v) is 16.0. The number of hydrogen-bond donors (Lipinski definition) is 2. The molecule has 0 amide bonds. The Labute approximate surface area is 157 Å². The van der Waals surface area contributed by atoms with Crippen molar-refractivity contribution in [3.05, 3.63) is 39.0 Å². The van der Waals surface area contributed by atoms with Crippen LogP contribution in [0.25, 0.3) is 10.9 Å². The smallest absolute Gasteiger partial charge is 0.326 e. The summed E-state index contributed by atoms with van der Waals surface area (Å²) in [5.74, 6) is 0. The van der Waals surface area contributed by atoms with Crippen molar-refractivity contribution in [1.82, 2.24) is 19.2 Å². The molecule has 0 aliphatic carbocycles. The molecule has 2 N–H and O–H groups in total. The van der Waals surface area contributed by atoms with Gasteiger partial charge in [-0.1, -0.05) is 0 Å². The molecule has 148 valence electrons. The Morgan fingerprint density at radius 2 is 1.93 bits per heavy atom. The van der Waals surface area contributed by atoms with Gasteiger partial charge in [0.1, 0.15) is 0 Å². The molecule has 0 spiro atoms. The lowest BCUT2D eigenvalue weighted by atomic mass is 10.2. The number of nitrogens with zero attached hydrogens (tertiary/aromatic N) is 2. The summed E-state index contributed by atoms with van der Waals surface area (Å²) in [5, 5.41) is 0.145. The maximum absolute atomic E-state index is 13.0. The van der Waals surface area contributed by atoms with E-state index in [0.717, 1.165) is 25.9 Å². The Hall–Kier alpha value is -2.01. The molecule has 0 unspecified atom stereocenters. The van der Waals surface area contributed by atoms with Crippen LogP contribution in [0.4, 0.5) is 0 Å². The molecule has 1 aliphatic heterocycles. The van der Waals surface area contributed by atoms with Gasteiger partial charge in [-0.05, 0) is 37.6 Å². The number of sulfonamides is 1. The molecule has 0 atom stereocenters. The Morgan fingerprint density at radius 3 is 2.70 bits per heavy atom. The molecule has 0 saturated carbocycles. The van der Waals surface area contributed by atoms with Gasteiger partial charge in [0.25, 0.3) is 5.56 Å². The average molecular weight is 396 g/mol. The molecule has 3 rings (SSSR count). The van der Waals surface area contributed by atoms with Gasteiger partial charge in [-0.2, -0.15) is 4.31 Å². The van der Waals surface area contributed by atoms with Crippen LogP contribution < -0.4 is 11.2 Å². The minimum absolute atomic E-state index is 0.0559. The number of methoxy groups -OCH3 is 1. The molecule has 27 heavy (non-hydrogen) atoms. The molecule has 9 nitrogen and oxygen atoms in total. The van der Waals surface area contributed by atoms with E-state index in [2.05, 4.69) is 14.9 Å². The number of hydrogen-bond acceptors (Lipinski definition) is 6. The lowest BCUT2D eigenvalue weighted by Gasteiger charge is -2.21. The minimum atomic E-state index is -3.72. The van der Waals surface area contributed by atoms with Gasteiger partial charge in [0.05, 0.1) is 15.8 Å². The number of aromatic nitrogens is 2. The summed E-state index contributed by atoms with van der Waals surface area (Å²) >= 11 is 0. The minimum Gasteiger partial charge on any atom is -0.385 e. The molecule has 0 bridgehead atoms. The summed E-state index contributed by atoms with van der Waals surface area (Å²) in [5.41, 5.74) is -0.918. The first kappa shape index (κ1) is 19.7. The van der Waals surface area contributed by atoms with Crippen molar-refractivity contribution in [1.29, 1.82) is 0 Å². The Morgan fingerprint density at radius 1 is 1.11 bits per heavy atom. The van der Waals surface area contributed by atoms with Crippen LogP contribution in [0.5, 0.6) is 0 Å². The van der Waals surface area contributed by atoms with Crippen LogP contribution in [0.15, 0.2) is 32.7 Å². The second-order valence-electron chi connectivity index (χ2n) is 6.56. The summed E-state index contributed by atoms with van der Waals surface area (Å²) in [6.07, 6.45) is 1.66. The monoisotopic (exact) mass is 396 g/mol. The summed E-state index contributed by atoms with van der Waals surface area (Å²) in [6.45, 7) is 3.89. The van der Waals surface area contributed by atoms with Gasteiger partial charge in [0, 0.05) is 39.9 Å². The summed E-state index contributed by atoms with van der Waals surface area (Å²) in [7, 11) is -2.05. The molecule has 0 radical (unpaired) electrons. The first-order valence-corrected chi connectivity index (χ1v) is 10.3. The third-order valence-electron chi connectivity index (χ3n) is 4.72. The second-order valence-corrected chi connectivity index (χ2v) is 8.50. The number of ether oxygens (including phenoxy) is 1. The molecule has 10 heteroatoms. The zero-order valence-electron chi connectivity index (χ0n) is 15.2. The quantitative estimate of drug-likeness (QED) is 0.662. The van der Waals surface area contributed by atoms with E-state index in [4.69, 9.17) is 4.74 Å². The van der Waals surface area contributed by atoms with E-state index in [1.807, 2.05) is 0 Å². The molecule has 2 aromatic rings. The van der Waals surface area contributed by atoms with E-state index >= 15 is 0 Å². The van der Waals surface area contributed by atoms with Gasteiger partial charge in [-0.15, -0.1) is 0 Å². The Bertz CT molecular complexity index is 1010. The van der Waals surface area contributed by atoms with Gasteiger partial charge in [0.15, 0.2) is 0 Å². The SMILES string of the molecule is COCCCN1CCCN(S(=O)(=O)c2ccc3[nH]c(=O)[nH]c(=O)c3c2)CC1. The van der Waals surface area contributed by atoms with E-state index in [-0.39, 0.29) is 10.3 Å². The molecule has 2 heterocycles. The van der Waals surface area contributed by atoms with Gasteiger partial charge < -0.3 is 14.6 Å².